The lowest BCUT2D eigenvalue weighted by Crippen LogP contribution is -2.46. The molecule has 1 saturated carbocycles. The molecule has 3 unspecified atom stereocenters. The van der Waals surface area contributed by atoms with Crippen LogP contribution in [0, 0.1) is 29.1 Å². The third-order valence-corrected chi connectivity index (χ3v) is 8.40. The number of hydrogen-bond acceptors (Lipinski definition) is 7. The number of esters is 1. The van der Waals surface area contributed by atoms with E-state index in [2.05, 4.69) is 13.0 Å². The molecule has 2 rings (SSSR count). The molecular formula is C30H49NO6. The normalized spacial score (nSPS) is 36.6. The van der Waals surface area contributed by atoms with E-state index in [0.29, 0.717) is 24.0 Å². The van der Waals surface area contributed by atoms with Gasteiger partial charge < -0.3 is 25.4 Å². The van der Waals surface area contributed by atoms with Gasteiger partial charge in [0, 0.05) is 12.3 Å². The number of cyclic esters (lactones) is 1. The number of nitrogens with two attached hydrogens (primary N) is 1. The maximum atomic E-state index is 13.3. The number of carbonyl (C=O) groups is 2. The molecule has 37 heavy (non-hydrogen) atoms. The Balaban J connectivity index is 2.33. The van der Waals surface area contributed by atoms with Gasteiger partial charge in [-0.15, -0.1) is 0 Å². The minimum absolute atomic E-state index is 0.0205. The molecule has 0 aromatic carbocycles. The highest BCUT2D eigenvalue weighted by molar-refractivity contribution is 5.88. The SMILES string of the molecule is CCC(C)O/C=C(N)/C=C(\C)[C@@H]1C/C=C(/C)CC2CC2[C@H](C)[C@H](O)[C@@H](C)C(=O)C(C)(C)[C@@H](O)CC(=O)O1. The minimum Gasteiger partial charge on any atom is -0.496 e. The van der Waals surface area contributed by atoms with Crippen molar-refractivity contribution in [3.05, 3.63) is 35.3 Å². The van der Waals surface area contributed by atoms with Gasteiger partial charge in [0.05, 0.1) is 35.8 Å². The highest BCUT2D eigenvalue weighted by Crippen LogP contribution is 2.50. The van der Waals surface area contributed by atoms with Crippen LogP contribution in [0.3, 0.4) is 0 Å². The molecule has 4 N–H and O–H groups in total. The first-order valence-corrected chi connectivity index (χ1v) is 13.7. The average Bonchev–Trinajstić information content (AvgIpc) is 3.60. The summed E-state index contributed by atoms with van der Waals surface area (Å²) >= 11 is 0. The van der Waals surface area contributed by atoms with E-state index >= 15 is 0 Å². The predicted octanol–water partition coefficient (Wildman–Crippen LogP) is 4.82. The Morgan fingerprint density at radius 1 is 1.27 bits per heavy atom. The molecule has 1 fully saturated rings. The van der Waals surface area contributed by atoms with Crippen LogP contribution in [-0.4, -0.2) is 46.4 Å². The molecular weight excluding hydrogens is 470 g/mol. The number of aliphatic hydroxyl groups is 2. The summed E-state index contributed by atoms with van der Waals surface area (Å²) in [5.41, 5.74) is 7.30. The van der Waals surface area contributed by atoms with Crippen LogP contribution in [0.4, 0.5) is 0 Å². The molecule has 7 heteroatoms. The van der Waals surface area contributed by atoms with Gasteiger partial charge in [-0.3, -0.25) is 9.59 Å². The summed E-state index contributed by atoms with van der Waals surface area (Å²) in [4.78, 5) is 26.2. The fourth-order valence-corrected chi connectivity index (χ4v) is 5.20. The second-order valence-electron chi connectivity index (χ2n) is 11.9. The molecule has 0 spiro atoms. The number of ketones is 1. The van der Waals surface area contributed by atoms with Gasteiger partial charge in [0.25, 0.3) is 0 Å². The third kappa shape index (κ3) is 8.44. The largest absolute Gasteiger partial charge is 0.496 e. The van der Waals surface area contributed by atoms with Gasteiger partial charge >= 0.3 is 5.97 Å². The maximum absolute atomic E-state index is 13.3. The number of aliphatic hydroxyl groups excluding tert-OH is 2. The highest BCUT2D eigenvalue weighted by Gasteiger charge is 2.47. The first-order chi connectivity index (χ1) is 17.2. The Hall–Kier alpha value is -2.12. The third-order valence-electron chi connectivity index (χ3n) is 8.40. The Morgan fingerprint density at radius 3 is 2.54 bits per heavy atom. The van der Waals surface area contributed by atoms with Gasteiger partial charge in [0.1, 0.15) is 18.1 Å². The Bertz CT molecular complexity index is 904. The number of carbonyl (C=O) groups excluding carboxylic acids is 2. The molecule has 1 aliphatic heterocycles. The lowest BCUT2D eigenvalue weighted by Gasteiger charge is -2.34. The molecule has 2 aliphatic rings. The molecule has 8 atom stereocenters. The zero-order valence-corrected chi connectivity index (χ0v) is 24.0. The molecule has 1 heterocycles. The van der Waals surface area contributed by atoms with E-state index in [4.69, 9.17) is 15.2 Å². The quantitative estimate of drug-likeness (QED) is 0.206. The van der Waals surface area contributed by atoms with Crippen LogP contribution in [0.1, 0.15) is 87.5 Å². The monoisotopic (exact) mass is 519 g/mol. The van der Waals surface area contributed by atoms with E-state index in [-0.39, 0.29) is 24.2 Å². The topological polar surface area (TPSA) is 119 Å². The maximum Gasteiger partial charge on any atom is 0.309 e. The minimum atomic E-state index is -1.24. The van der Waals surface area contributed by atoms with E-state index in [1.807, 2.05) is 27.7 Å². The number of Topliss-reactive ketones (excluding diaryl/α,β-unsaturated/α-hetero) is 1. The number of allylic oxidation sites excluding steroid dienone is 2. The highest BCUT2D eigenvalue weighted by atomic mass is 16.5. The van der Waals surface area contributed by atoms with Crippen molar-refractivity contribution in [2.75, 3.05) is 0 Å². The van der Waals surface area contributed by atoms with E-state index in [0.717, 1.165) is 24.8 Å². The van der Waals surface area contributed by atoms with Crippen molar-refractivity contribution in [2.45, 2.75) is 112 Å². The van der Waals surface area contributed by atoms with Crippen molar-refractivity contribution < 1.29 is 29.3 Å². The summed E-state index contributed by atoms with van der Waals surface area (Å²) in [5, 5.41) is 21.9. The number of rotatable bonds is 5. The van der Waals surface area contributed by atoms with Crippen molar-refractivity contribution in [3.63, 3.8) is 0 Å². The molecule has 0 aromatic heterocycles. The van der Waals surface area contributed by atoms with Crippen molar-refractivity contribution in [2.24, 2.45) is 34.8 Å². The van der Waals surface area contributed by atoms with Gasteiger partial charge in [-0.2, -0.15) is 0 Å². The summed E-state index contributed by atoms with van der Waals surface area (Å²) < 4.78 is 11.4. The van der Waals surface area contributed by atoms with Gasteiger partial charge in [0.2, 0.25) is 0 Å². The summed E-state index contributed by atoms with van der Waals surface area (Å²) in [6.45, 7) is 14.9. The molecule has 0 saturated heterocycles. The number of ether oxygens (including phenoxy) is 2. The lowest BCUT2D eigenvalue weighted by atomic mass is 9.72. The van der Waals surface area contributed by atoms with Crippen LogP contribution in [0.25, 0.3) is 0 Å². The zero-order chi connectivity index (χ0) is 28.1. The molecule has 0 radical (unpaired) electrons. The van der Waals surface area contributed by atoms with E-state index < -0.39 is 35.6 Å². The van der Waals surface area contributed by atoms with Crippen LogP contribution in [0.5, 0.6) is 0 Å². The molecule has 1 aliphatic carbocycles. The average molecular weight is 520 g/mol. The first kappa shape index (κ1) is 31.1. The van der Waals surface area contributed by atoms with Crippen molar-refractivity contribution in [1.29, 1.82) is 0 Å². The summed E-state index contributed by atoms with van der Waals surface area (Å²) in [7, 11) is 0. The summed E-state index contributed by atoms with van der Waals surface area (Å²) in [6, 6.07) is 0. The fourth-order valence-electron chi connectivity index (χ4n) is 5.20. The van der Waals surface area contributed by atoms with Gasteiger partial charge in [-0.05, 0) is 69.4 Å². The molecule has 0 aromatic rings. The van der Waals surface area contributed by atoms with Crippen LogP contribution in [0.15, 0.2) is 35.3 Å². The Labute approximate surface area is 223 Å². The van der Waals surface area contributed by atoms with E-state index in [1.165, 1.54) is 11.8 Å². The Kier molecular flexibility index (Phi) is 11.0. The van der Waals surface area contributed by atoms with Gasteiger partial charge in [-0.1, -0.05) is 46.3 Å². The second kappa shape index (κ2) is 13.1. The van der Waals surface area contributed by atoms with Crippen LogP contribution in [-0.2, 0) is 19.1 Å². The van der Waals surface area contributed by atoms with E-state index in [9.17, 15) is 19.8 Å². The lowest BCUT2D eigenvalue weighted by molar-refractivity contribution is -0.154. The van der Waals surface area contributed by atoms with Gasteiger partial charge in [0.15, 0.2) is 0 Å². The molecule has 210 valence electrons. The zero-order valence-electron chi connectivity index (χ0n) is 24.0. The van der Waals surface area contributed by atoms with E-state index in [1.54, 1.807) is 26.8 Å². The van der Waals surface area contributed by atoms with Crippen LogP contribution < -0.4 is 5.73 Å². The standard InChI is InChI=1S/C30H49NO6/c1-9-19(4)36-16-23(31)13-18(3)25-11-10-17(2)12-22-14-24(22)20(5)28(34)21(6)29(35)30(7,8)26(32)15-27(33)37-25/h10,13,16,19-22,24-26,28,32,34H,9,11-12,14-15,31H2,1-8H3/b17-10-,18-13+,23-16-/t19?,20-,21+,22?,24?,25-,26-,28-/m0/s1. The smallest absolute Gasteiger partial charge is 0.309 e. The van der Waals surface area contributed by atoms with Crippen molar-refractivity contribution in [1.82, 2.24) is 0 Å². The molecule has 0 bridgehead atoms. The van der Waals surface area contributed by atoms with Crippen molar-refractivity contribution in [3.8, 4) is 0 Å². The van der Waals surface area contributed by atoms with Crippen molar-refractivity contribution >= 4 is 11.8 Å². The van der Waals surface area contributed by atoms with Crippen LogP contribution >= 0.6 is 0 Å². The Morgan fingerprint density at radius 2 is 1.92 bits per heavy atom. The fraction of sp³-hybridized carbons (Fsp3) is 0.733. The number of hydrogen-bond donors (Lipinski definition) is 3. The predicted molar refractivity (Wildman–Crippen MR) is 145 cm³/mol. The molecule has 7 nitrogen and oxygen atoms in total. The first-order valence-electron chi connectivity index (χ1n) is 13.7. The van der Waals surface area contributed by atoms with Gasteiger partial charge in [-0.25, -0.2) is 0 Å². The summed E-state index contributed by atoms with van der Waals surface area (Å²) in [6.07, 6.45) is 5.74. The van der Waals surface area contributed by atoms with Crippen LogP contribution in [0.2, 0.25) is 0 Å². The summed E-state index contributed by atoms with van der Waals surface area (Å²) in [5.74, 6) is -0.686. The second-order valence-corrected chi connectivity index (χ2v) is 11.9. The molecule has 0 amide bonds. The number of fused-ring (bicyclic) bond motifs is 1.